The predicted molar refractivity (Wildman–Crippen MR) is 101 cm³/mol. The van der Waals surface area contributed by atoms with E-state index in [1.54, 1.807) is 0 Å². The Hall–Kier alpha value is -2.61. The maximum absolute atomic E-state index is 4.65. The van der Waals surface area contributed by atoms with E-state index < -0.39 is 0 Å². The standard InChI is InChI=1S/C17H16BrN7/c18-12-8-19-15-14(12)16(21-10-2-1-3-10)24-17(23-15)22-11-5-4-9-7-20-25-13(9)6-11/h4-8,10H,1-3H2,(H,20,25)(H3,19,21,22,23,24)/p+1. The molecule has 126 valence electrons. The van der Waals surface area contributed by atoms with Crippen molar-refractivity contribution >= 4 is 55.3 Å². The molecule has 0 unspecified atom stereocenters. The van der Waals surface area contributed by atoms with Crippen molar-refractivity contribution in [3.63, 3.8) is 0 Å². The second-order valence-electron chi connectivity index (χ2n) is 6.39. The quantitative estimate of drug-likeness (QED) is 0.421. The van der Waals surface area contributed by atoms with Gasteiger partial charge in [0.2, 0.25) is 11.5 Å². The molecule has 3 aromatic heterocycles. The summed E-state index contributed by atoms with van der Waals surface area (Å²) in [7, 11) is 0. The van der Waals surface area contributed by atoms with Crippen molar-refractivity contribution in [3.05, 3.63) is 35.1 Å². The van der Waals surface area contributed by atoms with Crippen LogP contribution in [0.4, 0.5) is 17.5 Å². The van der Waals surface area contributed by atoms with E-state index in [1.165, 1.54) is 19.3 Å². The third kappa shape index (κ3) is 2.62. The van der Waals surface area contributed by atoms with Crippen LogP contribution in [-0.2, 0) is 0 Å². The molecule has 0 bridgehead atoms. The highest BCUT2D eigenvalue weighted by molar-refractivity contribution is 9.10. The minimum Gasteiger partial charge on any atom is -0.335 e. The fourth-order valence-electron chi connectivity index (χ4n) is 3.11. The minimum absolute atomic E-state index is 0.526. The highest BCUT2D eigenvalue weighted by Crippen LogP contribution is 2.31. The third-order valence-electron chi connectivity index (χ3n) is 4.69. The summed E-state index contributed by atoms with van der Waals surface area (Å²) in [4.78, 5) is 11.3. The lowest BCUT2D eigenvalue weighted by Crippen LogP contribution is -2.31. The van der Waals surface area contributed by atoms with Crippen LogP contribution in [-0.4, -0.2) is 26.2 Å². The number of hydrogen-bond acceptors (Lipinski definition) is 4. The van der Waals surface area contributed by atoms with Gasteiger partial charge in [0.25, 0.3) is 0 Å². The molecule has 0 radical (unpaired) electrons. The number of hydrogen-bond donors (Lipinski definition) is 4. The van der Waals surface area contributed by atoms with E-state index in [9.17, 15) is 0 Å². The van der Waals surface area contributed by atoms with E-state index in [0.717, 1.165) is 37.9 Å². The van der Waals surface area contributed by atoms with Gasteiger partial charge >= 0.3 is 5.95 Å². The van der Waals surface area contributed by atoms with Crippen LogP contribution < -0.4 is 15.6 Å². The van der Waals surface area contributed by atoms with Gasteiger partial charge in [0, 0.05) is 11.6 Å². The van der Waals surface area contributed by atoms with Crippen LogP contribution in [0.2, 0.25) is 0 Å². The molecule has 1 aliphatic carbocycles. The molecule has 25 heavy (non-hydrogen) atoms. The molecule has 0 amide bonds. The molecule has 1 aliphatic rings. The lowest BCUT2D eigenvalue weighted by molar-refractivity contribution is -0.346. The largest absolute Gasteiger partial charge is 0.351 e. The number of H-pyrrole nitrogens is 3. The topological polar surface area (TPSA) is 95.6 Å². The van der Waals surface area contributed by atoms with E-state index in [2.05, 4.69) is 51.7 Å². The number of halogens is 1. The minimum atomic E-state index is 0.526. The number of benzene rings is 1. The maximum atomic E-state index is 4.65. The Labute approximate surface area is 151 Å². The summed E-state index contributed by atoms with van der Waals surface area (Å²) in [5.41, 5.74) is 2.76. The number of fused-ring (bicyclic) bond motifs is 2. The first kappa shape index (κ1) is 14.7. The molecule has 1 fully saturated rings. The van der Waals surface area contributed by atoms with Crippen molar-refractivity contribution in [2.45, 2.75) is 25.3 Å². The van der Waals surface area contributed by atoms with Gasteiger partial charge in [0.1, 0.15) is 5.39 Å². The fourth-order valence-corrected chi connectivity index (χ4v) is 3.61. The second kappa shape index (κ2) is 5.73. The van der Waals surface area contributed by atoms with Gasteiger partial charge in [-0.2, -0.15) is 5.10 Å². The zero-order valence-electron chi connectivity index (χ0n) is 13.4. The van der Waals surface area contributed by atoms with Gasteiger partial charge in [-0.05, 0) is 53.4 Å². The molecule has 8 heteroatoms. The zero-order chi connectivity index (χ0) is 16.8. The first-order valence-electron chi connectivity index (χ1n) is 8.33. The molecule has 5 N–H and O–H groups in total. The van der Waals surface area contributed by atoms with Crippen LogP contribution >= 0.6 is 15.9 Å². The fraction of sp³-hybridized carbons (Fsp3) is 0.235. The van der Waals surface area contributed by atoms with Crippen molar-refractivity contribution in [1.29, 1.82) is 0 Å². The van der Waals surface area contributed by atoms with Gasteiger partial charge < -0.3 is 10.3 Å². The van der Waals surface area contributed by atoms with E-state index in [0.29, 0.717) is 12.0 Å². The van der Waals surface area contributed by atoms with Gasteiger partial charge in [0.05, 0.1) is 27.9 Å². The first-order valence-corrected chi connectivity index (χ1v) is 9.12. The predicted octanol–water partition coefficient (Wildman–Crippen LogP) is 3.72. The molecule has 0 atom stereocenters. The highest BCUT2D eigenvalue weighted by Gasteiger charge is 2.24. The Morgan fingerprint density at radius 2 is 2.20 bits per heavy atom. The molecular formula is C17H17BrN7+. The van der Waals surface area contributed by atoms with Crippen LogP contribution in [0, 0.1) is 0 Å². The average molecular weight is 399 g/mol. The number of aromatic amines is 3. The SMILES string of the molecule is Brc1c[nH]c2nc(Nc3ccc4cn[nH]c4c3)[nH+]c(NC3CCC3)c12. The van der Waals surface area contributed by atoms with Crippen molar-refractivity contribution in [2.75, 3.05) is 10.6 Å². The second-order valence-corrected chi connectivity index (χ2v) is 7.24. The van der Waals surface area contributed by atoms with E-state index >= 15 is 0 Å². The molecule has 1 aromatic carbocycles. The molecule has 4 aromatic rings. The Kier molecular flexibility index (Phi) is 3.37. The molecule has 5 rings (SSSR count). The number of nitrogens with one attached hydrogen (secondary N) is 5. The van der Waals surface area contributed by atoms with Crippen molar-refractivity contribution in [3.8, 4) is 0 Å². The third-order valence-corrected chi connectivity index (χ3v) is 5.31. The average Bonchev–Trinajstić information content (AvgIpc) is 3.17. The Balaban J connectivity index is 1.53. The van der Waals surface area contributed by atoms with Crippen LogP contribution in [0.25, 0.3) is 21.9 Å². The summed E-state index contributed by atoms with van der Waals surface area (Å²) in [5.74, 6) is 1.66. The van der Waals surface area contributed by atoms with Crippen LogP contribution in [0.5, 0.6) is 0 Å². The molecule has 0 aliphatic heterocycles. The van der Waals surface area contributed by atoms with E-state index in [-0.39, 0.29) is 0 Å². The van der Waals surface area contributed by atoms with Crippen LogP contribution in [0.15, 0.2) is 35.1 Å². The summed E-state index contributed by atoms with van der Waals surface area (Å²) in [5, 5.41) is 16.1. The molecule has 0 saturated heterocycles. The Morgan fingerprint density at radius 3 is 3.04 bits per heavy atom. The lowest BCUT2D eigenvalue weighted by Gasteiger charge is -2.24. The van der Waals surface area contributed by atoms with Crippen molar-refractivity contribution in [1.82, 2.24) is 20.2 Å². The number of anilines is 3. The number of nitrogens with zero attached hydrogens (tertiary/aromatic N) is 2. The molecule has 1 saturated carbocycles. The molecular weight excluding hydrogens is 382 g/mol. The smallest absolute Gasteiger partial charge is 0.335 e. The van der Waals surface area contributed by atoms with Gasteiger partial charge in [-0.15, -0.1) is 0 Å². The summed E-state index contributed by atoms with van der Waals surface area (Å²) < 4.78 is 0.999. The lowest BCUT2D eigenvalue weighted by atomic mass is 9.93. The van der Waals surface area contributed by atoms with E-state index in [4.69, 9.17) is 0 Å². The van der Waals surface area contributed by atoms with Gasteiger partial charge in [-0.1, -0.05) is 4.98 Å². The van der Waals surface area contributed by atoms with Crippen molar-refractivity contribution < 1.29 is 4.98 Å². The summed E-state index contributed by atoms with van der Waals surface area (Å²) in [6.07, 6.45) is 7.43. The van der Waals surface area contributed by atoms with Crippen LogP contribution in [0.1, 0.15) is 19.3 Å². The Bertz CT molecular complexity index is 1060. The molecule has 3 heterocycles. The summed E-state index contributed by atoms with van der Waals surface area (Å²) in [6.45, 7) is 0. The summed E-state index contributed by atoms with van der Waals surface area (Å²) >= 11 is 3.60. The zero-order valence-corrected chi connectivity index (χ0v) is 14.9. The van der Waals surface area contributed by atoms with E-state index in [1.807, 2.05) is 30.6 Å². The maximum Gasteiger partial charge on any atom is 0.351 e. The van der Waals surface area contributed by atoms with Gasteiger partial charge in [0.15, 0.2) is 0 Å². The van der Waals surface area contributed by atoms with Gasteiger partial charge in [-0.3, -0.25) is 10.4 Å². The normalized spacial score (nSPS) is 14.8. The molecule has 0 spiro atoms. The van der Waals surface area contributed by atoms with Gasteiger partial charge in [-0.25, -0.2) is 4.98 Å². The first-order chi connectivity index (χ1) is 12.3. The monoisotopic (exact) mass is 398 g/mol. The number of aromatic nitrogens is 5. The highest BCUT2D eigenvalue weighted by atomic mass is 79.9. The van der Waals surface area contributed by atoms with Crippen molar-refractivity contribution in [2.24, 2.45) is 0 Å². The number of rotatable bonds is 4. The molecule has 7 nitrogen and oxygen atoms in total. The van der Waals surface area contributed by atoms with Crippen LogP contribution in [0.3, 0.4) is 0 Å². The summed E-state index contributed by atoms with van der Waals surface area (Å²) in [6, 6.07) is 6.59. The Morgan fingerprint density at radius 1 is 1.28 bits per heavy atom.